The summed E-state index contributed by atoms with van der Waals surface area (Å²) in [4.78, 5) is 64.2. The Morgan fingerprint density at radius 1 is 0.596 bits per heavy atom. The van der Waals surface area contributed by atoms with Gasteiger partial charge in [0.2, 0.25) is 0 Å². The normalized spacial score (nSPS) is 27.0. The molecule has 0 aromatic heterocycles. The molecular formula is C38H40O14. The molecule has 52 heavy (non-hydrogen) atoms. The second kappa shape index (κ2) is 17.9. The van der Waals surface area contributed by atoms with Crippen LogP contribution in [0.3, 0.4) is 0 Å². The number of rotatable bonds is 12. The van der Waals surface area contributed by atoms with E-state index in [4.69, 9.17) is 42.6 Å². The van der Waals surface area contributed by atoms with Crippen molar-refractivity contribution in [3.63, 3.8) is 0 Å². The highest BCUT2D eigenvalue weighted by Gasteiger charge is 2.53. The molecule has 0 bridgehead atoms. The average molecular weight is 721 g/mol. The van der Waals surface area contributed by atoms with Crippen molar-refractivity contribution < 1.29 is 66.6 Å². The molecule has 0 aliphatic carbocycles. The number of methoxy groups -OCH3 is 1. The van der Waals surface area contributed by atoms with Crippen LogP contribution in [0.15, 0.2) is 91.0 Å². The highest BCUT2D eigenvalue weighted by Crippen LogP contribution is 2.33. The molecule has 0 radical (unpaired) electrons. The Bertz CT molecular complexity index is 1670. The van der Waals surface area contributed by atoms with Gasteiger partial charge < -0.3 is 42.6 Å². The zero-order valence-electron chi connectivity index (χ0n) is 29.0. The molecule has 0 amide bonds. The van der Waals surface area contributed by atoms with Crippen molar-refractivity contribution in [1.82, 2.24) is 0 Å². The third-order valence-electron chi connectivity index (χ3n) is 8.27. The zero-order valence-corrected chi connectivity index (χ0v) is 29.0. The lowest BCUT2D eigenvalue weighted by atomic mass is 9.97. The first-order chi connectivity index (χ1) is 25.0. The molecule has 3 aromatic carbocycles. The van der Waals surface area contributed by atoms with Crippen LogP contribution in [0.1, 0.15) is 58.3 Å². The van der Waals surface area contributed by atoms with E-state index < -0.39 is 85.2 Å². The average Bonchev–Trinajstić information content (AvgIpc) is 3.14. The molecule has 2 aliphatic heterocycles. The van der Waals surface area contributed by atoms with Gasteiger partial charge in [-0.1, -0.05) is 54.6 Å². The summed E-state index contributed by atoms with van der Waals surface area (Å²) < 4.78 is 52.7. The lowest BCUT2D eigenvalue weighted by Gasteiger charge is -2.45. The van der Waals surface area contributed by atoms with Crippen molar-refractivity contribution in [2.45, 2.75) is 82.5 Å². The molecule has 14 nitrogen and oxygen atoms in total. The van der Waals surface area contributed by atoms with Gasteiger partial charge >= 0.3 is 29.8 Å². The Hall–Kier alpha value is -5.15. The number of benzene rings is 3. The summed E-state index contributed by atoms with van der Waals surface area (Å²) in [6.07, 6.45) is -10.5. The number of carbonyl (C=O) groups is 5. The van der Waals surface area contributed by atoms with Gasteiger partial charge in [-0.05, 0) is 43.3 Å². The van der Waals surface area contributed by atoms with E-state index in [2.05, 4.69) is 0 Å². The third kappa shape index (κ3) is 9.79. The predicted molar refractivity (Wildman–Crippen MR) is 179 cm³/mol. The summed E-state index contributed by atoms with van der Waals surface area (Å²) in [6.45, 7) is 3.75. The first-order valence-corrected chi connectivity index (χ1v) is 16.6. The molecule has 2 heterocycles. The minimum Gasteiger partial charge on any atom is -0.458 e. The second-order valence-corrected chi connectivity index (χ2v) is 12.0. The van der Waals surface area contributed by atoms with Gasteiger partial charge in [0.15, 0.2) is 37.0 Å². The smallest absolute Gasteiger partial charge is 0.338 e. The van der Waals surface area contributed by atoms with Gasteiger partial charge in [-0.25, -0.2) is 14.4 Å². The molecule has 3 aromatic rings. The summed E-state index contributed by atoms with van der Waals surface area (Å²) in [5.41, 5.74) is 0.569. The molecule has 0 unspecified atom stereocenters. The number of ether oxygens (including phenoxy) is 9. The van der Waals surface area contributed by atoms with Crippen LogP contribution >= 0.6 is 0 Å². The van der Waals surface area contributed by atoms with Gasteiger partial charge in [0.05, 0.1) is 29.4 Å². The first-order valence-electron chi connectivity index (χ1n) is 16.6. The molecule has 0 spiro atoms. The van der Waals surface area contributed by atoms with Crippen LogP contribution in [0.2, 0.25) is 0 Å². The van der Waals surface area contributed by atoms with Crippen LogP contribution in [0.4, 0.5) is 0 Å². The van der Waals surface area contributed by atoms with Crippen LogP contribution in [-0.4, -0.2) is 98.9 Å². The quantitative estimate of drug-likeness (QED) is 0.194. The lowest BCUT2D eigenvalue weighted by Crippen LogP contribution is -2.63. The summed E-state index contributed by atoms with van der Waals surface area (Å²) in [7, 11) is 1.31. The molecule has 0 N–H and O–H groups in total. The molecule has 5 rings (SSSR count). The molecule has 14 heteroatoms. The Kier molecular flexibility index (Phi) is 13.1. The predicted octanol–water partition coefficient (Wildman–Crippen LogP) is 4.05. The van der Waals surface area contributed by atoms with Gasteiger partial charge in [0, 0.05) is 27.4 Å². The Morgan fingerprint density at radius 2 is 1.06 bits per heavy atom. The van der Waals surface area contributed by atoms with E-state index >= 15 is 0 Å². The van der Waals surface area contributed by atoms with Crippen LogP contribution in [0.25, 0.3) is 0 Å². The van der Waals surface area contributed by atoms with Crippen molar-refractivity contribution in [2.24, 2.45) is 0 Å². The Balaban J connectivity index is 1.47. The minimum absolute atomic E-state index is 0.0273. The van der Waals surface area contributed by atoms with Gasteiger partial charge in [-0.15, -0.1) is 0 Å². The maximum atomic E-state index is 13.6. The summed E-state index contributed by atoms with van der Waals surface area (Å²) in [6, 6.07) is 24.3. The van der Waals surface area contributed by atoms with Crippen LogP contribution < -0.4 is 0 Å². The molecule has 2 saturated heterocycles. The molecule has 2 fully saturated rings. The number of hydrogen-bond donors (Lipinski definition) is 0. The van der Waals surface area contributed by atoms with Gasteiger partial charge in [0.1, 0.15) is 12.2 Å². The third-order valence-corrected chi connectivity index (χ3v) is 8.27. The van der Waals surface area contributed by atoms with Crippen LogP contribution in [0, 0.1) is 0 Å². The monoisotopic (exact) mass is 720 g/mol. The van der Waals surface area contributed by atoms with Gasteiger partial charge in [0.25, 0.3) is 0 Å². The minimum atomic E-state index is -1.48. The van der Waals surface area contributed by atoms with Crippen molar-refractivity contribution in [2.75, 3.05) is 13.7 Å². The maximum absolute atomic E-state index is 13.6. The van der Waals surface area contributed by atoms with Crippen molar-refractivity contribution in [1.29, 1.82) is 0 Å². The Morgan fingerprint density at radius 3 is 1.52 bits per heavy atom. The number of carbonyl (C=O) groups excluding carboxylic acids is 5. The van der Waals surface area contributed by atoms with E-state index in [1.807, 2.05) is 0 Å². The van der Waals surface area contributed by atoms with Crippen LogP contribution in [0.5, 0.6) is 0 Å². The number of esters is 5. The van der Waals surface area contributed by atoms with E-state index in [0.29, 0.717) is 0 Å². The fraction of sp³-hybridized carbons (Fsp3) is 0.395. The SMILES string of the molecule is CO[C@H]1O[C@H](CO[C@@H]2C[C@@H](OC(C)=O)[C@H](OC(C)=O)[C@@H](C)O2)[C@@H](OC(=O)c2ccccc2)[C@H](OC(=O)c2ccccc2)[C@H]1OC(=O)c1ccccc1. The molecule has 9 atom stereocenters. The fourth-order valence-corrected chi connectivity index (χ4v) is 5.90. The van der Waals surface area contributed by atoms with E-state index in [1.54, 1.807) is 85.8 Å². The highest BCUT2D eigenvalue weighted by molar-refractivity contribution is 5.91. The van der Waals surface area contributed by atoms with E-state index in [1.165, 1.54) is 33.1 Å². The standard InChI is InChI=1S/C38H40O14/c1-22-31(48-24(3)40)28(47-23(2)39)20-30(46-22)45-21-29-32(50-35(41)25-14-8-5-9-15-25)33(51-36(42)26-16-10-6-11-17-26)34(38(44-4)49-29)52-37(43)27-18-12-7-13-19-27/h5-19,22,28-34,38H,20-21H2,1-4H3/t22-,28-,29-,30+,31-,32-,33+,34-,38+/m1/s1. The Labute approximate surface area is 300 Å². The van der Waals surface area contributed by atoms with E-state index in [-0.39, 0.29) is 29.7 Å². The van der Waals surface area contributed by atoms with Crippen molar-refractivity contribution in [3.05, 3.63) is 108 Å². The summed E-state index contributed by atoms with van der Waals surface area (Å²) >= 11 is 0. The number of hydrogen-bond acceptors (Lipinski definition) is 14. The van der Waals surface area contributed by atoms with E-state index in [0.717, 1.165) is 0 Å². The first kappa shape index (κ1) is 38.1. The largest absolute Gasteiger partial charge is 0.458 e. The molecule has 0 saturated carbocycles. The fourth-order valence-electron chi connectivity index (χ4n) is 5.90. The lowest BCUT2D eigenvalue weighted by molar-refractivity contribution is -0.309. The van der Waals surface area contributed by atoms with Crippen LogP contribution in [-0.2, 0) is 52.2 Å². The van der Waals surface area contributed by atoms with Crippen molar-refractivity contribution >= 4 is 29.8 Å². The van der Waals surface area contributed by atoms with Gasteiger partial charge in [-0.2, -0.15) is 0 Å². The highest BCUT2D eigenvalue weighted by atomic mass is 16.7. The molecule has 2 aliphatic rings. The second-order valence-electron chi connectivity index (χ2n) is 12.0. The summed E-state index contributed by atoms with van der Waals surface area (Å²) in [5.74, 6) is -3.54. The van der Waals surface area contributed by atoms with E-state index in [9.17, 15) is 24.0 Å². The topological polar surface area (TPSA) is 168 Å². The zero-order chi connectivity index (χ0) is 37.2. The molecular weight excluding hydrogens is 680 g/mol. The molecule has 276 valence electrons. The van der Waals surface area contributed by atoms with Gasteiger partial charge in [-0.3, -0.25) is 9.59 Å². The maximum Gasteiger partial charge on any atom is 0.338 e. The summed E-state index contributed by atoms with van der Waals surface area (Å²) in [5, 5.41) is 0. The van der Waals surface area contributed by atoms with Crippen molar-refractivity contribution in [3.8, 4) is 0 Å².